The standard InChI is InChI=1S/C37H51N5O7.C3H8.2H2/c1-25(2)19-29(33(45)36(3)24-49-36)41-35(47)30(21-37-14-8-7-11-27(37)20-37)40-31(43)22-38-34(46)28(13-12-26-9-5-4-6-10-26)39-32(44)23-42-15-17-48-18-16-42;1-3-2;;/h4-11,14,25,27-30H,12-13,15-24H2,1-3H3,(H,38,46)(H,39,44)(H,40,43)(H,41,47);3H2,1-2H3;2*1H/t27?,28-,29?,30-,36+,37?;;;/m0.../s1. The molecular formula is C40H63N5O7. The molecule has 2 saturated heterocycles. The number of aryl methyl sites for hydroxylation is 1. The summed E-state index contributed by atoms with van der Waals surface area (Å²) in [5.74, 6) is -1.49. The van der Waals surface area contributed by atoms with Crippen LogP contribution in [0, 0.1) is 17.3 Å². The van der Waals surface area contributed by atoms with E-state index in [4.69, 9.17) is 9.47 Å². The third kappa shape index (κ3) is 12.4. The first-order chi connectivity index (χ1) is 24.9. The van der Waals surface area contributed by atoms with Crippen LogP contribution in [0.5, 0.6) is 0 Å². The predicted molar refractivity (Wildman–Crippen MR) is 203 cm³/mol. The lowest BCUT2D eigenvalue weighted by Crippen LogP contribution is -2.56. The van der Waals surface area contributed by atoms with Crippen LogP contribution in [-0.4, -0.2) is 104 Å². The van der Waals surface area contributed by atoms with E-state index < -0.39 is 41.4 Å². The maximum Gasteiger partial charge on any atom is 0.243 e. The lowest BCUT2D eigenvalue weighted by atomic mass is 9.89. The van der Waals surface area contributed by atoms with Crippen LogP contribution in [-0.2, 0) is 39.9 Å². The van der Waals surface area contributed by atoms with Crippen LogP contribution in [0.4, 0.5) is 0 Å². The van der Waals surface area contributed by atoms with Crippen molar-refractivity contribution in [1.82, 2.24) is 26.2 Å². The number of carbonyl (C=O) groups excluding carboxylic acids is 5. The molecule has 2 aliphatic carbocycles. The molecule has 4 aliphatic rings. The first-order valence-corrected chi connectivity index (χ1v) is 18.9. The molecule has 4 amide bonds. The van der Waals surface area contributed by atoms with Gasteiger partial charge in [-0.05, 0) is 61.8 Å². The molecule has 2 aliphatic heterocycles. The van der Waals surface area contributed by atoms with Crippen LogP contribution < -0.4 is 21.3 Å². The SMILES string of the molecule is CC(C)CC(NC(=O)[C@H](CC12C=CC=CC1C2)NC(=O)CNC(=O)[C@H](CCc1ccccc1)NC(=O)CN1CCOCC1)C(=O)[C@@]1(C)CO1.CCC.[HH].[HH]. The molecule has 0 bridgehead atoms. The van der Waals surface area contributed by atoms with Gasteiger partial charge in [-0.15, -0.1) is 0 Å². The molecule has 1 aromatic carbocycles. The summed E-state index contributed by atoms with van der Waals surface area (Å²) in [6.45, 7) is 12.4. The summed E-state index contributed by atoms with van der Waals surface area (Å²) in [6, 6.07) is 7.13. The van der Waals surface area contributed by atoms with Gasteiger partial charge in [-0.25, -0.2) is 0 Å². The van der Waals surface area contributed by atoms with Gasteiger partial charge in [0, 0.05) is 15.9 Å². The molecule has 290 valence electrons. The Morgan fingerprint density at radius 1 is 0.923 bits per heavy atom. The highest BCUT2D eigenvalue weighted by atomic mass is 16.6. The highest BCUT2D eigenvalue weighted by molar-refractivity contribution is 5.98. The van der Waals surface area contributed by atoms with Gasteiger partial charge in [-0.1, -0.05) is 88.8 Å². The quantitative estimate of drug-likeness (QED) is 0.168. The maximum absolute atomic E-state index is 13.8. The number of benzene rings is 1. The fourth-order valence-electron chi connectivity index (χ4n) is 6.70. The molecule has 3 fully saturated rings. The number of carbonyl (C=O) groups is 5. The number of ketones is 1. The molecule has 12 heteroatoms. The third-order valence-electron chi connectivity index (χ3n) is 9.85. The fourth-order valence-corrected chi connectivity index (χ4v) is 6.70. The van der Waals surface area contributed by atoms with Gasteiger partial charge in [0.1, 0.15) is 17.7 Å². The first kappa shape index (κ1) is 40.9. The molecule has 12 nitrogen and oxygen atoms in total. The van der Waals surface area contributed by atoms with E-state index in [1.807, 2.05) is 61.2 Å². The normalized spacial score (nSPS) is 24.6. The number of Topliss-reactive ketones (excluding diaryl/α,β-unsaturated/α-hetero) is 1. The van der Waals surface area contributed by atoms with Crippen LogP contribution >= 0.6 is 0 Å². The van der Waals surface area contributed by atoms with Crippen molar-refractivity contribution < 1.29 is 36.3 Å². The molecule has 2 heterocycles. The second-order valence-electron chi connectivity index (χ2n) is 15.1. The number of ether oxygens (including phenoxy) is 2. The Hall–Kier alpha value is -3.87. The molecule has 0 spiro atoms. The van der Waals surface area contributed by atoms with Crippen molar-refractivity contribution in [1.29, 1.82) is 0 Å². The molecule has 1 aromatic rings. The van der Waals surface area contributed by atoms with Gasteiger partial charge < -0.3 is 30.7 Å². The summed E-state index contributed by atoms with van der Waals surface area (Å²) in [6.07, 6.45) is 11.9. The third-order valence-corrected chi connectivity index (χ3v) is 9.85. The van der Waals surface area contributed by atoms with E-state index in [1.165, 1.54) is 6.42 Å². The topological polar surface area (TPSA) is 158 Å². The average molecular weight is 726 g/mol. The van der Waals surface area contributed by atoms with Crippen molar-refractivity contribution >= 4 is 29.4 Å². The number of epoxide rings is 1. The Labute approximate surface area is 311 Å². The molecule has 3 unspecified atom stereocenters. The van der Waals surface area contributed by atoms with Crippen LogP contribution in [0.3, 0.4) is 0 Å². The molecule has 6 atom stereocenters. The maximum atomic E-state index is 13.8. The van der Waals surface area contributed by atoms with Crippen molar-refractivity contribution in [3.63, 3.8) is 0 Å². The van der Waals surface area contributed by atoms with Gasteiger partial charge in [0.05, 0.1) is 39.0 Å². The molecule has 1 saturated carbocycles. The number of rotatable bonds is 18. The predicted octanol–water partition coefficient (Wildman–Crippen LogP) is 3.36. The highest BCUT2D eigenvalue weighted by Gasteiger charge is 2.54. The summed E-state index contributed by atoms with van der Waals surface area (Å²) < 4.78 is 10.8. The van der Waals surface area contributed by atoms with E-state index in [1.54, 1.807) is 6.92 Å². The summed E-state index contributed by atoms with van der Waals surface area (Å²) in [7, 11) is 0. The zero-order valence-electron chi connectivity index (χ0n) is 31.6. The van der Waals surface area contributed by atoms with Crippen LogP contribution in [0.1, 0.15) is 75.1 Å². The average Bonchev–Trinajstić information content (AvgIpc) is 4.05. The molecule has 4 N–H and O–H groups in total. The van der Waals surface area contributed by atoms with Crippen molar-refractivity contribution in [2.45, 2.75) is 96.9 Å². The second kappa shape index (κ2) is 19.3. The minimum Gasteiger partial charge on any atom is -0.379 e. The first-order valence-electron chi connectivity index (χ1n) is 18.9. The zero-order chi connectivity index (χ0) is 37.7. The monoisotopic (exact) mass is 725 g/mol. The minimum absolute atomic E-state index is 0. The summed E-state index contributed by atoms with van der Waals surface area (Å²) in [5.41, 5.74) is -0.124. The Bertz CT molecular complexity index is 1450. The van der Waals surface area contributed by atoms with Crippen molar-refractivity contribution in [3.8, 4) is 0 Å². The van der Waals surface area contributed by atoms with Crippen molar-refractivity contribution in [3.05, 3.63) is 60.2 Å². The fraction of sp³-hybridized carbons (Fsp3) is 0.625. The number of allylic oxidation sites excluding steroid dienone is 4. The van der Waals surface area contributed by atoms with Gasteiger partial charge in [-0.3, -0.25) is 28.9 Å². The number of hydrogen-bond acceptors (Lipinski definition) is 8. The number of amides is 4. The molecule has 52 heavy (non-hydrogen) atoms. The molecular weight excluding hydrogens is 662 g/mol. The van der Waals surface area contributed by atoms with Gasteiger partial charge in [0.25, 0.3) is 0 Å². The smallest absolute Gasteiger partial charge is 0.243 e. The van der Waals surface area contributed by atoms with E-state index in [0.717, 1.165) is 12.0 Å². The van der Waals surface area contributed by atoms with Gasteiger partial charge in [0.15, 0.2) is 5.78 Å². The number of hydrogen-bond donors (Lipinski definition) is 4. The summed E-state index contributed by atoms with van der Waals surface area (Å²) in [4.78, 5) is 68.7. The Balaban J connectivity index is 0.00000195. The number of fused-ring (bicyclic) bond motifs is 1. The van der Waals surface area contributed by atoms with E-state index in [9.17, 15) is 24.0 Å². The van der Waals surface area contributed by atoms with E-state index >= 15 is 0 Å². The number of morpholine rings is 1. The highest BCUT2D eigenvalue weighted by Crippen LogP contribution is 2.59. The van der Waals surface area contributed by atoms with Crippen molar-refractivity contribution in [2.75, 3.05) is 46.0 Å². The largest absolute Gasteiger partial charge is 0.379 e. The van der Waals surface area contributed by atoms with Crippen LogP contribution in [0.25, 0.3) is 0 Å². The number of nitrogens with one attached hydrogen (secondary N) is 4. The Morgan fingerprint density at radius 2 is 1.60 bits per heavy atom. The molecule has 5 rings (SSSR count). The van der Waals surface area contributed by atoms with Gasteiger partial charge >= 0.3 is 0 Å². The van der Waals surface area contributed by atoms with Gasteiger partial charge in [0.2, 0.25) is 23.6 Å². The van der Waals surface area contributed by atoms with Crippen molar-refractivity contribution in [2.24, 2.45) is 17.3 Å². The summed E-state index contributed by atoms with van der Waals surface area (Å²) >= 11 is 0. The Morgan fingerprint density at radius 3 is 2.23 bits per heavy atom. The van der Waals surface area contributed by atoms with E-state index in [0.29, 0.717) is 58.6 Å². The molecule has 0 aromatic heterocycles. The minimum atomic E-state index is -0.928. The Kier molecular flexibility index (Phi) is 15.2. The summed E-state index contributed by atoms with van der Waals surface area (Å²) in [5, 5.41) is 11.3. The molecule has 0 radical (unpaired) electrons. The zero-order valence-corrected chi connectivity index (χ0v) is 31.6. The van der Waals surface area contributed by atoms with E-state index in [2.05, 4.69) is 47.3 Å². The lowest BCUT2D eigenvalue weighted by molar-refractivity contribution is -0.134. The van der Waals surface area contributed by atoms with E-state index in [-0.39, 0.29) is 44.9 Å². The second-order valence-corrected chi connectivity index (χ2v) is 15.1. The lowest BCUT2D eigenvalue weighted by Gasteiger charge is -2.27. The van der Waals surface area contributed by atoms with Crippen LogP contribution in [0.2, 0.25) is 0 Å². The van der Waals surface area contributed by atoms with Gasteiger partial charge in [-0.2, -0.15) is 0 Å². The number of nitrogens with zero attached hydrogens (tertiary/aromatic N) is 1. The van der Waals surface area contributed by atoms with Crippen LogP contribution in [0.15, 0.2) is 54.6 Å².